The summed E-state index contributed by atoms with van der Waals surface area (Å²) in [5, 5.41) is 10.1. The molecule has 5 rings (SSSR count). The Labute approximate surface area is 198 Å². The predicted octanol–water partition coefficient (Wildman–Crippen LogP) is 4.65. The summed E-state index contributed by atoms with van der Waals surface area (Å²) in [6, 6.07) is 16.1. The number of rotatable bonds is 4. The smallest absolute Gasteiger partial charge is 0.252 e. The Morgan fingerprint density at radius 2 is 1.91 bits per heavy atom. The van der Waals surface area contributed by atoms with Crippen LogP contribution in [-0.2, 0) is 18.7 Å². The van der Waals surface area contributed by atoms with Crippen LogP contribution in [0.25, 0.3) is 10.9 Å². The number of nitriles is 1. The van der Waals surface area contributed by atoms with E-state index in [-0.39, 0.29) is 24.1 Å². The molecule has 7 heteroatoms. The number of ether oxygens (including phenoxy) is 1. The van der Waals surface area contributed by atoms with Crippen LogP contribution in [0, 0.1) is 11.3 Å². The molecule has 2 aliphatic rings. The van der Waals surface area contributed by atoms with E-state index in [9.17, 15) is 4.79 Å². The molecule has 1 saturated heterocycles. The molecule has 5 nitrogen and oxygen atoms in total. The molecule has 2 aromatic carbocycles. The predicted molar refractivity (Wildman–Crippen MR) is 132 cm³/mol. The van der Waals surface area contributed by atoms with Crippen LogP contribution in [0.2, 0.25) is 0 Å². The van der Waals surface area contributed by atoms with Gasteiger partial charge in [-0.1, -0.05) is 12.1 Å². The van der Waals surface area contributed by atoms with Crippen LogP contribution in [0.5, 0.6) is 5.75 Å². The van der Waals surface area contributed by atoms with E-state index in [0.717, 1.165) is 72.6 Å². The number of hydrogen-bond acceptors (Lipinski definition) is 5. The standard InChI is InChI=1S/C25H25N3O2S.ClH/c26-14-17-1-3-18(4-2-17)15-28-10-7-19(8-11-28)30-20-5-6-24-22(13-20)21-9-12-31-16-23(21)25(29)27-24;/h1-6,13,19H,7-12,15-16H2,(H,27,29);1H. The second kappa shape index (κ2) is 9.99. The molecular formula is C25H26ClN3O2S. The number of likely N-dealkylation sites (tertiary alicyclic amines) is 1. The lowest BCUT2D eigenvalue weighted by molar-refractivity contribution is 0.0969. The second-order valence-corrected chi connectivity index (χ2v) is 9.43. The first kappa shape index (κ1) is 22.7. The van der Waals surface area contributed by atoms with Gasteiger partial charge in [0.2, 0.25) is 0 Å². The number of nitrogens with zero attached hydrogens (tertiary/aromatic N) is 2. The highest BCUT2D eigenvalue weighted by Gasteiger charge is 2.22. The largest absolute Gasteiger partial charge is 0.490 e. The van der Waals surface area contributed by atoms with Crippen LogP contribution in [0.4, 0.5) is 0 Å². The molecule has 0 atom stereocenters. The van der Waals surface area contributed by atoms with Crippen LogP contribution in [0.1, 0.15) is 35.1 Å². The Kier molecular flexibility index (Phi) is 7.10. The Morgan fingerprint density at radius 3 is 2.66 bits per heavy atom. The highest BCUT2D eigenvalue weighted by molar-refractivity contribution is 7.98. The van der Waals surface area contributed by atoms with Gasteiger partial charge < -0.3 is 9.72 Å². The summed E-state index contributed by atoms with van der Waals surface area (Å²) in [7, 11) is 0. The van der Waals surface area contributed by atoms with Crippen molar-refractivity contribution in [3.63, 3.8) is 0 Å². The van der Waals surface area contributed by atoms with Crippen molar-refractivity contribution in [2.45, 2.75) is 37.7 Å². The van der Waals surface area contributed by atoms with Crippen LogP contribution in [0.3, 0.4) is 0 Å². The monoisotopic (exact) mass is 467 g/mol. The molecular weight excluding hydrogens is 442 g/mol. The van der Waals surface area contributed by atoms with Crippen molar-refractivity contribution >= 4 is 35.1 Å². The van der Waals surface area contributed by atoms with E-state index in [4.69, 9.17) is 10.00 Å². The van der Waals surface area contributed by atoms with E-state index in [1.165, 1.54) is 11.1 Å². The molecule has 0 bridgehead atoms. The van der Waals surface area contributed by atoms with E-state index >= 15 is 0 Å². The van der Waals surface area contributed by atoms with E-state index in [2.05, 4.69) is 22.0 Å². The molecule has 3 heterocycles. The first-order chi connectivity index (χ1) is 15.2. The first-order valence-electron chi connectivity index (χ1n) is 10.8. The average molecular weight is 468 g/mol. The maximum atomic E-state index is 12.4. The number of nitrogens with one attached hydrogen (secondary N) is 1. The Hall–Kier alpha value is -2.46. The van der Waals surface area contributed by atoms with Gasteiger partial charge in [0.15, 0.2) is 0 Å². The molecule has 0 spiro atoms. The van der Waals surface area contributed by atoms with Gasteiger partial charge in [-0.05, 0) is 66.5 Å². The molecule has 0 amide bonds. The fourth-order valence-electron chi connectivity index (χ4n) is 4.56. The van der Waals surface area contributed by atoms with Gasteiger partial charge in [-0.25, -0.2) is 0 Å². The third-order valence-electron chi connectivity index (χ3n) is 6.27. The normalized spacial score (nSPS) is 16.7. The maximum Gasteiger partial charge on any atom is 0.252 e. The SMILES string of the molecule is Cl.N#Cc1ccc(CN2CCC(Oc3ccc4[nH]c(=O)c5c(c4c3)CCSC5)CC2)cc1. The molecule has 0 unspecified atom stereocenters. The van der Waals surface area contributed by atoms with Gasteiger partial charge in [-0.3, -0.25) is 9.69 Å². The van der Waals surface area contributed by atoms with Crippen LogP contribution < -0.4 is 10.3 Å². The number of fused-ring (bicyclic) bond motifs is 3. The van der Waals surface area contributed by atoms with Crippen molar-refractivity contribution in [1.82, 2.24) is 9.88 Å². The second-order valence-electron chi connectivity index (χ2n) is 8.32. The number of aryl methyl sites for hydroxylation is 1. The highest BCUT2D eigenvalue weighted by atomic mass is 35.5. The van der Waals surface area contributed by atoms with E-state index in [1.807, 2.05) is 48.2 Å². The lowest BCUT2D eigenvalue weighted by atomic mass is 10.0. The molecule has 3 aromatic rings. The number of piperidine rings is 1. The molecule has 0 saturated carbocycles. The lowest BCUT2D eigenvalue weighted by Gasteiger charge is -2.32. The number of halogens is 1. The van der Waals surface area contributed by atoms with Gasteiger partial charge >= 0.3 is 0 Å². The minimum atomic E-state index is 0. The minimum Gasteiger partial charge on any atom is -0.490 e. The number of thioether (sulfide) groups is 1. The number of aromatic amines is 1. The molecule has 166 valence electrons. The summed E-state index contributed by atoms with van der Waals surface area (Å²) in [6.07, 6.45) is 3.14. The average Bonchev–Trinajstić information content (AvgIpc) is 2.81. The number of benzene rings is 2. The Balaban J connectivity index is 0.00000245. The van der Waals surface area contributed by atoms with Crippen LogP contribution in [0.15, 0.2) is 47.3 Å². The summed E-state index contributed by atoms with van der Waals surface area (Å²) >= 11 is 1.83. The molecule has 1 aromatic heterocycles. The zero-order valence-electron chi connectivity index (χ0n) is 17.8. The molecule has 0 radical (unpaired) electrons. The first-order valence-corrected chi connectivity index (χ1v) is 12.0. The highest BCUT2D eigenvalue weighted by Crippen LogP contribution is 2.30. The molecule has 1 N–H and O–H groups in total. The van der Waals surface area contributed by atoms with Crippen LogP contribution >= 0.6 is 24.2 Å². The zero-order valence-corrected chi connectivity index (χ0v) is 19.4. The van der Waals surface area contributed by atoms with Gasteiger partial charge in [0, 0.05) is 41.9 Å². The number of aromatic nitrogens is 1. The van der Waals surface area contributed by atoms with Crippen molar-refractivity contribution in [3.05, 3.63) is 75.1 Å². The molecule has 2 aliphatic heterocycles. The van der Waals surface area contributed by atoms with Gasteiger partial charge in [0.1, 0.15) is 11.9 Å². The quantitative estimate of drug-likeness (QED) is 0.604. The van der Waals surface area contributed by atoms with Gasteiger partial charge in [-0.15, -0.1) is 12.4 Å². The van der Waals surface area contributed by atoms with Crippen molar-refractivity contribution in [3.8, 4) is 11.8 Å². The third kappa shape index (κ3) is 4.80. The summed E-state index contributed by atoms with van der Waals surface area (Å²) < 4.78 is 6.35. The number of pyridine rings is 1. The fraction of sp³-hybridized carbons (Fsp3) is 0.360. The van der Waals surface area contributed by atoms with E-state index < -0.39 is 0 Å². The number of hydrogen-bond donors (Lipinski definition) is 1. The molecule has 32 heavy (non-hydrogen) atoms. The minimum absolute atomic E-state index is 0. The Bertz CT molecular complexity index is 1190. The molecule has 0 aliphatic carbocycles. The third-order valence-corrected chi connectivity index (χ3v) is 7.26. The topological polar surface area (TPSA) is 69.1 Å². The lowest BCUT2D eigenvalue weighted by Crippen LogP contribution is -2.37. The van der Waals surface area contributed by atoms with Crippen LogP contribution in [-0.4, -0.2) is 34.8 Å². The van der Waals surface area contributed by atoms with Gasteiger partial charge in [-0.2, -0.15) is 17.0 Å². The maximum absolute atomic E-state index is 12.4. The van der Waals surface area contributed by atoms with E-state index in [0.29, 0.717) is 5.56 Å². The zero-order chi connectivity index (χ0) is 21.2. The van der Waals surface area contributed by atoms with Crippen molar-refractivity contribution in [2.24, 2.45) is 0 Å². The van der Waals surface area contributed by atoms with Crippen molar-refractivity contribution in [2.75, 3.05) is 18.8 Å². The van der Waals surface area contributed by atoms with Crippen molar-refractivity contribution < 1.29 is 4.74 Å². The Morgan fingerprint density at radius 1 is 1.12 bits per heavy atom. The van der Waals surface area contributed by atoms with Gasteiger partial charge in [0.05, 0.1) is 11.6 Å². The summed E-state index contributed by atoms with van der Waals surface area (Å²) in [6.45, 7) is 2.91. The summed E-state index contributed by atoms with van der Waals surface area (Å²) in [4.78, 5) is 17.8. The molecule has 1 fully saturated rings. The van der Waals surface area contributed by atoms with Crippen molar-refractivity contribution in [1.29, 1.82) is 5.26 Å². The fourth-order valence-corrected chi connectivity index (χ4v) is 5.56. The number of H-pyrrole nitrogens is 1. The summed E-state index contributed by atoms with van der Waals surface area (Å²) in [5.41, 5.74) is 5.02. The van der Waals surface area contributed by atoms with Gasteiger partial charge in [0.25, 0.3) is 5.56 Å². The van der Waals surface area contributed by atoms with E-state index in [1.54, 1.807) is 0 Å². The summed E-state index contributed by atoms with van der Waals surface area (Å²) in [5.74, 6) is 2.75.